The first-order chi connectivity index (χ1) is 6.91. The summed E-state index contributed by atoms with van der Waals surface area (Å²) in [4.78, 5) is 0. The fourth-order valence-electron chi connectivity index (χ4n) is 1.96. The maximum atomic E-state index is 2.41. The predicted octanol–water partition coefficient (Wildman–Crippen LogP) is 5.67. The van der Waals surface area contributed by atoms with Crippen molar-refractivity contribution in [1.82, 2.24) is 0 Å². The summed E-state index contributed by atoms with van der Waals surface area (Å²) in [5.41, 5.74) is 0.489. The maximum absolute atomic E-state index is 2.41. The molecule has 0 aliphatic carbocycles. The topological polar surface area (TPSA) is 0 Å². The van der Waals surface area contributed by atoms with E-state index >= 15 is 0 Å². The van der Waals surface area contributed by atoms with E-state index in [4.69, 9.17) is 0 Å². The van der Waals surface area contributed by atoms with Gasteiger partial charge in [0.2, 0.25) is 0 Å². The van der Waals surface area contributed by atoms with Crippen molar-refractivity contribution in [2.24, 2.45) is 17.3 Å². The van der Waals surface area contributed by atoms with Crippen molar-refractivity contribution in [3.05, 3.63) is 0 Å². The molecule has 15 heavy (non-hydrogen) atoms. The zero-order chi connectivity index (χ0) is 11.9. The quantitative estimate of drug-likeness (QED) is 0.510. The summed E-state index contributed by atoms with van der Waals surface area (Å²) < 4.78 is 0. The number of rotatable bonds is 7. The summed E-state index contributed by atoms with van der Waals surface area (Å²) in [5.74, 6) is 1.84. The van der Waals surface area contributed by atoms with E-state index in [1.807, 2.05) is 0 Å². The molecule has 0 heteroatoms. The second kappa shape index (κ2) is 7.30. The molecule has 2 atom stereocenters. The number of hydrogen-bond acceptors (Lipinski definition) is 0. The average molecular weight is 212 g/mol. The molecule has 0 spiro atoms. The first-order valence-electron chi connectivity index (χ1n) is 6.91. The maximum Gasteiger partial charge on any atom is -0.0357 e. The molecular formula is C15H32. The van der Waals surface area contributed by atoms with Crippen LogP contribution in [-0.4, -0.2) is 0 Å². The lowest BCUT2D eigenvalue weighted by Crippen LogP contribution is -2.18. The summed E-state index contributed by atoms with van der Waals surface area (Å²) >= 11 is 0. The SMILES string of the molecule is CCCCC(CC)CCC(C)C(C)(C)C. The lowest BCUT2D eigenvalue weighted by molar-refractivity contribution is 0.225. The van der Waals surface area contributed by atoms with Gasteiger partial charge in [-0.05, 0) is 23.7 Å². The lowest BCUT2D eigenvalue weighted by atomic mass is 9.77. The van der Waals surface area contributed by atoms with Gasteiger partial charge < -0.3 is 0 Å². The first-order valence-corrected chi connectivity index (χ1v) is 6.91. The van der Waals surface area contributed by atoms with Gasteiger partial charge in [0, 0.05) is 0 Å². The van der Waals surface area contributed by atoms with Crippen LogP contribution < -0.4 is 0 Å². The number of hydrogen-bond donors (Lipinski definition) is 0. The molecule has 0 nitrogen and oxygen atoms in total. The van der Waals surface area contributed by atoms with Gasteiger partial charge in [-0.1, -0.05) is 73.6 Å². The molecule has 0 radical (unpaired) electrons. The molecule has 0 saturated carbocycles. The number of unbranched alkanes of at least 4 members (excludes halogenated alkanes) is 1. The second-order valence-corrected chi connectivity index (χ2v) is 6.26. The minimum Gasteiger partial charge on any atom is -0.0654 e. The molecule has 0 aromatic heterocycles. The van der Waals surface area contributed by atoms with Crippen molar-refractivity contribution >= 4 is 0 Å². The van der Waals surface area contributed by atoms with Gasteiger partial charge in [0.1, 0.15) is 0 Å². The highest BCUT2D eigenvalue weighted by molar-refractivity contribution is 4.71. The van der Waals surface area contributed by atoms with Crippen LogP contribution in [0.3, 0.4) is 0 Å². The fourth-order valence-corrected chi connectivity index (χ4v) is 1.96. The van der Waals surface area contributed by atoms with Crippen LogP contribution in [0.25, 0.3) is 0 Å². The molecule has 92 valence electrons. The second-order valence-electron chi connectivity index (χ2n) is 6.26. The molecule has 2 unspecified atom stereocenters. The zero-order valence-electron chi connectivity index (χ0n) is 11.9. The highest BCUT2D eigenvalue weighted by atomic mass is 14.3. The van der Waals surface area contributed by atoms with Gasteiger partial charge in [-0.25, -0.2) is 0 Å². The molecule has 0 heterocycles. The molecule has 0 N–H and O–H groups in total. The molecule has 0 amide bonds. The van der Waals surface area contributed by atoms with Crippen LogP contribution in [0.4, 0.5) is 0 Å². The minimum absolute atomic E-state index is 0.489. The predicted molar refractivity (Wildman–Crippen MR) is 71.2 cm³/mol. The first kappa shape index (κ1) is 15.0. The molecule has 0 aliphatic rings. The Hall–Kier alpha value is 0. The zero-order valence-corrected chi connectivity index (χ0v) is 11.9. The molecule has 0 rings (SSSR count). The lowest BCUT2D eigenvalue weighted by Gasteiger charge is -2.28. The standard InChI is InChI=1S/C15H32/c1-7-9-10-14(8-2)12-11-13(3)15(4,5)6/h13-14H,7-12H2,1-6H3. The molecule has 0 aromatic rings. The van der Waals surface area contributed by atoms with Crippen molar-refractivity contribution in [2.75, 3.05) is 0 Å². The smallest absolute Gasteiger partial charge is 0.0357 e. The van der Waals surface area contributed by atoms with E-state index in [9.17, 15) is 0 Å². The Morgan fingerprint density at radius 1 is 0.933 bits per heavy atom. The third kappa shape index (κ3) is 6.98. The Kier molecular flexibility index (Phi) is 7.30. The van der Waals surface area contributed by atoms with Crippen molar-refractivity contribution in [3.8, 4) is 0 Å². The highest BCUT2D eigenvalue weighted by Gasteiger charge is 2.20. The van der Waals surface area contributed by atoms with Crippen LogP contribution in [0.1, 0.15) is 80.1 Å². The van der Waals surface area contributed by atoms with E-state index in [1.54, 1.807) is 0 Å². The minimum atomic E-state index is 0.489. The van der Waals surface area contributed by atoms with Crippen LogP contribution in [0.2, 0.25) is 0 Å². The van der Waals surface area contributed by atoms with Gasteiger partial charge in [0.15, 0.2) is 0 Å². The van der Waals surface area contributed by atoms with Crippen molar-refractivity contribution < 1.29 is 0 Å². The van der Waals surface area contributed by atoms with E-state index in [2.05, 4.69) is 41.5 Å². The Labute approximate surface area is 97.8 Å². The van der Waals surface area contributed by atoms with E-state index in [0.29, 0.717) is 5.41 Å². The van der Waals surface area contributed by atoms with Gasteiger partial charge in [-0.2, -0.15) is 0 Å². The Balaban J connectivity index is 3.79. The van der Waals surface area contributed by atoms with Crippen molar-refractivity contribution in [1.29, 1.82) is 0 Å². The molecule has 0 saturated heterocycles. The summed E-state index contributed by atoms with van der Waals surface area (Å²) in [5, 5.41) is 0. The van der Waals surface area contributed by atoms with Crippen molar-refractivity contribution in [3.63, 3.8) is 0 Å². The highest BCUT2D eigenvalue weighted by Crippen LogP contribution is 2.31. The van der Waals surface area contributed by atoms with E-state index < -0.39 is 0 Å². The molecule has 0 aromatic carbocycles. The third-order valence-corrected chi connectivity index (χ3v) is 4.03. The van der Waals surface area contributed by atoms with Gasteiger partial charge in [-0.15, -0.1) is 0 Å². The Morgan fingerprint density at radius 3 is 1.93 bits per heavy atom. The van der Waals surface area contributed by atoms with Crippen molar-refractivity contribution in [2.45, 2.75) is 80.1 Å². The Bertz CT molecular complexity index is 141. The van der Waals surface area contributed by atoms with E-state index in [0.717, 1.165) is 11.8 Å². The molecule has 0 bridgehead atoms. The summed E-state index contributed by atoms with van der Waals surface area (Å²) in [6.07, 6.45) is 8.44. The average Bonchev–Trinajstić information content (AvgIpc) is 2.16. The van der Waals surface area contributed by atoms with Gasteiger partial charge in [0.05, 0.1) is 0 Å². The van der Waals surface area contributed by atoms with Gasteiger partial charge in [-0.3, -0.25) is 0 Å². The van der Waals surface area contributed by atoms with Crippen LogP contribution in [-0.2, 0) is 0 Å². The normalized spacial score (nSPS) is 16.4. The van der Waals surface area contributed by atoms with Crippen LogP contribution in [0.15, 0.2) is 0 Å². The van der Waals surface area contributed by atoms with Gasteiger partial charge in [0.25, 0.3) is 0 Å². The Morgan fingerprint density at radius 2 is 1.53 bits per heavy atom. The summed E-state index contributed by atoms with van der Waals surface area (Å²) in [6, 6.07) is 0. The monoisotopic (exact) mass is 212 g/mol. The largest absolute Gasteiger partial charge is 0.0654 e. The fraction of sp³-hybridized carbons (Fsp3) is 1.00. The molecular weight excluding hydrogens is 180 g/mol. The van der Waals surface area contributed by atoms with Crippen LogP contribution >= 0.6 is 0 Å². The van der Waals surface area contributed by atoms with Crippen LogP contribution in [0, 0.1) is 17.3 Å². The van der Waals surface area contributed by atoms with Crippen LogP contribution in [0.5, 0.6) is 0 Å². The molecule has 0 fully saturated rings. The summed E-state index contributed by atoms with van der Waals surface area (Å²) in [7, 11) is 0. The van der Waals surface area contributed by atoms with Gasteiger partial charge >= 0.3 is 0 Å². The molecule has 0 aliphatic heterocycles. The third-order valence-electron chi connectivity index (χ3n) is 4.03. The van der Waals surface area contributed by atoms with E-state index in [1.165, 1.54) is 38.5 Å². The summed E-state index contributed by atoms with van der Waals surface area (Å²) in [6.45, 7) is 14.2. The van der Waals surface area contributed by atoms with E-state index in [-0.39, 0.29) is 0 Å².